The van der Waals surface area contributed by atoms with Gasteiger partial charge in [-0.3, -0.25) is 14.2 Å². The average Bonchev–Trinajstić information content (AvgIpc) is 3.08. The van der Waals surface area contributed by atoms with Gasteiger partial charge in [0.25, 0.3) is 5.56 Å². The lowest BCUT2D eigenvalue weighted by Crippen LogP contribution is -2.29. The second-order valence-electron chi connectivity index (χ2n) is 6.46. The molecule has 2 heterocycles. The van der Waals surface area contributed by atoms with Crippen molar-refractivity contribution in [1.82, 2.24) is 9.55 Å². The summed E-state index contributed by atoms with van der Waals surface area (Å²) in [5.41, 5.74) is 2.86. The monoisotopic (exact) mass is 365 g/mol. The van der Waals surface area contributed by atoms with Gasteiger partial charge < -0.3 is 9.88 Å². The van der Waals surface area contributed by atoms with E-state index in [4.69, 9.17) is 12.2 Å². The highest BCUT2D eigenvalue weighted by Crippen LogP contribution is 2.28. The molecule has 0 spiro atoms. The molecule has 1 aliphatic heterocycles. The van der Waals surface area contributed by atoms with Gasteiger partial charge in [-0.25, -0.2) is 0 Å². The summed E-state index contributed by atoms with van der Waals surface area (Å²) >= 11 is 5.32. The molecular weight excluding hydrogens is 346 g/mol. The lowest BCUT2D eigenvalue weighted by Gasteiger charge is -2.17. The van der Waals surface area contributed by atoms with Gasteiger partial charge in [0, 0.05) is 25.2 Å². The van der Waals surface area contributed by atoms with E-state index >= 15 is 0 Å². The topological polar surface area (TPSA) is 58.1 Å². The highest BCUT2D eigenvalue weighted by atomic mass is 32.1. The fourth-order valence-corrected chi connectivity index (χ4v) is 3.81. The summed E-state index contributed by atoms with van der Waals surface area (Å²) in [6, 6.07) is 15.3. The Morgan fingerprint density at radius 1 is 1.12 bits per heavy atom. The van der Waals surface area contributed by atoms with Crippen molar-refractivity contribution in [1.29, 1.82) is 0 Å². The lowest BCUT2D eigenvalue weighted by atomic mass is 10.2. The van der Waals surface area contributed by atoms with E-state index in [9.17, 15) is 9.59 Å². The van der Waals surface area contributed by atoms with Crippen LogP contribution in [0.3, 0.4) is 0 Å². The van der Waals surface area contributed by atoms with Crippen LogP contribution < -0.4 is 10.5 Å². The standard InChI is InChI=1S/C20H19N3O2S/c24-18(22-13-11-14-6-1-4-9-17(14)22)10-5-12-23-19(25)15-7-2-3-8-16(15)21-20(23)26/h1-4,6-9H,5,10-13H2,(H,21,26). The van der Waals surface area contributed by atoms with Crippen molar-refractivity contribution in [2.24, 2.45) is 0 Å². The zero-order valence-corrected chi connectivity index (χ0v) is 15.1. The van der Waals surface area contributed by atoms with E-state index in [1.165, 1.54) is 5.56 Å². The van der Waals surface area contributed by atoms with E-state index in [1.54, 1.807) is 10.6 Å². The first-order valence-corrected chi connectivity index (χ1v) is 9.16. The number of carbonyl (C=O) groups excluding carboxylic acids is 1. The summed E-state index contributed by atoms with van der Waals surface area (Å²) < 4.78 is 1.94. The first-order valence-electron chi connectivity index (χ1n) is 8.75. The summed E-state index contributed by atoms with van der Waals surface area (Å²) in [4.78, 5) is 30.1. The highest BCUT2D eigenvalue weighted by molar-refractivity contribution is 7.71. The molecule has 0 fully saturated rings. The molecule has 3 aromatic rings. The fourth-order valence-electron chi connectivity index (χ4n) is 3.52. The maximum absolute atomic E-state index is 12.6. The zero-order valence-electron chi connectivity index (χ0n) is 14.3. The van der Waals surface area contributed by atoms with Crippen LogP contribution in [0.4, 0.5) is 5.69 Å². The number of aromatic nitrogens is 2. The Hall–Kier alpha value is -2.73. The molecule has 1 amide bonds. The molecule has 0 unspecified atom stereocenters. The fraction of sp³-hybridized carbons (Fsp3) is 0.250. The van der Waals surface area contributed by atoms with Gasteiger partial charge in [-0.1, -0.05) is 30.3 Å². The van der Waals surface area contributed by atoms with Gasteiger partial charge in [0.2, 0.25) is 5.91 Å². The summed E-state index contributed by atoms with van der Waals surface area (Å²) in [5, 5.41) is 0.612. The zero-order chi connectivity index (χ0) is 18.1. The van der Waals surface area contributed by atoms with Gasteiger partial charge in [0.1, 0.15) is 0 Å². The van der Waals surface area contributed by atoms with E-state index in [0.717, 1.165) is 24.2 Å². The Kier molecular flexibility index (Phi) is 4.42. The lowest BCUT2D eigenvalue weighted by molar-refractivity contribution is -0.118. The molecule has 1 aromatic heterocycles. The number of amides is 1. The van der Waals surface area contributed by atoms with Crippen molar-refractivity contribution < 1.29 is 4.79 Å². The van der Waals surface area contributed by atoms with Gasteiger partial charge >= 0.3 is 0 Å². The molecule has 0 bridgehead atoms. The third-order valence-corrected chi connectivity index (χ3v) is 5.17. The SMILES string of the molecule is O=C(CCCn1c(=S)[nH]c2ccccc2c1=O)N1CCc2ccccc21. The smallest absolute Gasteiger partial charge is 0.262 e. The van der Waals surface area contributed by atoms with Crippen LogP contribution >= 0.6 is 12.2 Å². The molecule has 2 aromatic carbocycles. The first-order chi connectivity index (χ1) is 12.6. The second kappa shape index (κ2) is 6.88. The second-order valence-corrected chi connectivity index (χ2v) is 6.85. The van der Waals surface area contributed by atoms with Crippen LogP contribution in [0.2, 0.25) is 0 Å². The van der Waals surface area contributed by atoms with Crippen LogP contribution in [0.15, 0.2) is 53.3 Å². The van der Waals surface area contributed by atoms with E-state index in [0.29, 0.717) is 29.5 Å². The van der Waals surface area contributed by atoms with Crippen LogP contribution in [-0.2, 0) is 17.8 Å². The Labute approximate surface area is 155 Å². The molecule has 4 rings (SSSR count). The molecule has 0 radical (unpaired) electrons. The predicted octanol–water partition coefficient (Wildman–Crippen LogP) is 3.43. The average molecular weight is 365 g/mol. The number of nitrogens with zero attached hydrogens (tertiary/aromatic N) is 2. The molecule has 5 nitrogen and oxygen atoms in total. The Morgan fingerprint density at radius 2 is 1.88 bits per heavy atom. The number of hydrogen-bond donors (Lipinski definition) is 1. The molecule has 0 atom stereocenters. The first kappa shape index (κ1) is 16.7. The van der Waals surface area contributed by atoms with Crippen molar-refractivity contribution in [3.05, 3.63) is 69.2 Å². The molecule has 1 aliphatic rings. The van der Waals surface area contributed by atoms with E-state index in [2.05, 4.69) is 11.1 Å². The van der Waals surface area contributed by atoms with Gasteiger partial charge in [-0.05, 0) is 48.8 Å². The van der Waals surface area contributed by atoms with Gasteiger partial charge in [0.05, 0.1) is 10.9 Å². The molecule has 0 saturated carbocycles. The molecule has 0 saturated heterocycles. The third-order valence-electron chi connectivity index (χ3n) is 4.85. The molecule has 6 heteroatoms. The minimum atomic E-state index is -0.108. The molecule has 26 heavy (non-hydrogen) atoms. The highest BCUT2D eigenvalue weighted by Gasteiger charge is 2.23. The van der Waals surface area contributed by atoms with E-state index in [1.807, 2.05) is 41.3 Å². The van der Waals surface area contributed by atoms with Crippen molar-refractivity contribution in [2.45, 2.75) is 25.8 Å². The predicted molar refractivity (Wildman–Crippen MR) is 105 cm³/mol. The maximum Gasteiger partial charge on any atom is 0.262 e. The summed E-state index contributed by atoms with van der Waals surface area (Å²) in [6.45, 7) is 1.16. The Bertz CT molecular complexity index is 1100. The van der Waals surface area contributed by atoms with E-state index in [-0.39, 0.29) is 11.5 Å². The number of H-pyrrole nitrogens is 1. The van der Waals surface area contributed by atoms with Crippen molar-refractivity contribution >= 4 is 34.7 Å². The van der Waals surface area contributed by atoms with Gasteiger partial charge in [0.15, 0.2) is 4.77 Å². The normalized spacial score (nSPS) is 13.2. The minimum Gasteiger partial charge on any atom is -0.332 e. The molecular formula is C20H19N3O2S. The number of carbonyl (C=O) groups is 1. The third kappa shape index (κ3) is 2.97. The van der Waals surface area contributed by atoms with Crippen LogP contribution in [0, 0.1) is 4.77 Å². The number of hydrogen-bond acceptors (Lipinski definition) is 3. The quantitative estimate of drug-likeness (QED) is 0.721. The minimum absolute atomic E-state index is 0.0960. The van der Waals surface area contributed by atoms with Crippen LogP contribution in [0.5, 0.6) is 0 Å². The number of fused-ring (bicyclic) bond motifs is 2. The largest absolute Gasteiger partial charge is 0.332 e. The number of rotatable bonds is 4. The van der Waals surface area contributed by atoms with E-state index < -0.39 is 0 Å². The number of anilines is 1. The maximum atomic E-state index is 12.6. The summed E-state index contributed by atoms with van der Waals surface area (Å²) in [5.74, 6) is 0.0960. The Morgan fingerprint density at radius 3 is 2.77 bits per heavy atom. The number of para-hydroxylation sites is 2. The van der Waals surface area contributed by atoms with Crippen LogP contribution in [0.25, 0.3) is 10.9 Å². The van der Waals surface area contributed by atoms with Crippen molar-refractivity contribution in [3.63, 3.8) is 0 Å². The van der Waals surface area contributed by atoms with Crippen molar-refractivity contribution in [3.8, 4) is 0 Å². The Balaban J connectivity index is 1.47. The van der Waals surface area contributed by atoms with Crippen molar-refractivity contribution in [2.75, 3.05) is 11.4 Å². The molecule has 1 N–H and O–H groups in total. The van der Waals surface area contributed by atoms with Crippen LogP contribution in [-0.4, -0.2) is 22.0 Å². The number of aromatic amines is 1. The number of nitrogens with one attached hydrogen (secondary N) is 1. The van der Waals surface area contributed by atoms with Crippen LogP contribution in [0.1, 0.15) is 18.4 Å². The summed E-state index contributed by atoms with van der Waals surface area (Å²) in [7, 11) is 0. The van der Waals surface area contributed by atoms with Gasteiger partial charge in [-0.15, -0.1) is 0 Å². The van der Waals surface area contributed by atoms with Gasteiger partial charge in [-0.2, -0.15) is 0 Å². The number of benzene rings is 2. The molecule has 0 aliphatic carbocycles. The summed E-state index contributed by atoms with van der Waals surface area (Å²) in [6.07, 6.45) is 1.87. The molecule has 132 valence electrons.